The highest BCUT2D eigenvalue weighted by molar-refractivity contribution is 8.00. The lowest BCUT2D eigenvalue weighted by Crippen LogP contribution is -2.29. The molecule has 0 aliphatic heterocycles. The van der Waals surface area contributed by atoms with E-state index in [0.29, 0.717) is 16.3 Å². The Morgan fingerprint density at radius 3 is 2.71 bits per heavy atom. The lowest BCUT2D eigenvalue weighted by Gasteiger charge is -2.13. The molecule has 110 valence electrons. The Labute approximate surface area is 132 Å². The summed E-state index contributed by atoms with van der Waals surface area (Å²) < 4.78 is 0. The normalized spacial score (nSPS) is 11.9. The molecule has 4 nitrogen and oxygen atoms in total. The van der Waals surface area contributed by atoms with E-state index in [1.807, 2.05) is 12.1 Å². The molecule has 21 heavy (non-hydrogen) atoms. The Morgan fingerprint density at radius 1 is 1.29 bits per heavy atom. The fourth-order valence-corrected chi connectivity index (χ4v) is 2.68. The van der Waals surface area contributed by atoms with Crippen molar-refractivity contribution in [1.29, 1.82) is 0 Å². The van der Waals surface area contributed by atoms with E-state index in [1.165, 1.54) is 11.8 Å². The van der Waals surface area contributed by atoms with Crippen LogP contribution < -0.4 is 5.32 Å². The van der Waals surface area contributed by atoms with Gasteiger partial charge in [0.25, 0.3) is 0 Å². The Hall–Kier alpha value is -1.56. The fourth-order valence-electron chi connectivity index (χ4n) is 1.70. The van der Waals surface area contributed by atoms with E-state index < -0.39 is 6.10 Å². The number of nitrogens with one attached hydrogen (secondary N) is 1. The predicted molar refractivity (Wildman–Crippen MR) is 84.4 cm³/mol. The number of thioether (sulfide) groups is 1. The number of benzene rings is 1. The van der Waals surface area contributed by atoms with Crippen LogP contribution >= 0.6 is 23.4 Å². The van der Waals surface area contributed by atoms with E-state index in [2.05, 4.69) is 10.3 Å². The zero-order valence-electron chi connectivity index (χ0n) is 11.2. The summed E-state index contributed by atoms with van der Waals surface area (Å²) in [5, 5.41) is 13.2. The summed E-state index contributed by atoms with van der Waals surface area (Å²) in [5.41, 5.74) is 0.612. The summed E-state index contributed by atoms with van der Waals surface area (Å²) in [7, 11) is 0. The number of pyridine rings is 1. The van der Waals surface area contributed by atoms with Crippen LogP contribution in [0.25, 0.3) is 0 Å². The number of nitrogens with zero attached hydrogens (tertiary/aromatic N) is 1. The topological polar surface area (TPSA) is 62.2 Å². The standard InChI is InChI=1S/C15H15ClN2O2S/c16-13-4-2-1-3-12(13)14(19)9-18-15(20)10-21-11-5-7-17-8-6-11/h1-8,14,19H,9-10H2,(H,18,20). The van der Waals surface area contributed by atoms with Gasteiger partial charge < -0.3 is 10.4 Å². The second-order valence-electron chi connectivity index (χ2n) is 4.31. The van der Waals surface area contributed by atoms with E-state index in [1.54, 1.807) is 36.7 Å². The summed E-state index contributed by atoms with van der Waals surface area (Å²) in [6.45, 7) is 0.138. The zero-order valence-corrected chi connectivity index (χ0v) is 12.8. The molecule has 2 aromatic rings. The molecule has 1 amide bonds. The first-order chi connectivity index (χ1) is 10.2. The number of halogens is 1. The SMILES string of the molecule is O=C(CSc1ccncc1)NCC(O)c1ccccc1Cl. The highest BCUT2D eigenvalue weighted by atomic mass is 35.5. The highest BCUT2D eigenvalue weighted by Crippen LogP contribution is 2.22. The van der Waals surface area contributed by atoms with Crippen LogP contribution in [0.2, 0.25) is 5.02 Å². The molecular formula is C15H15ClN2O2S. The number of carbonyl (C=O) groups excluding carboxylic acids is 1. The van der Waals surface area contributed by atoms with E-state index in [9.17, 15) is 9.90 Å². The van der Waals surface area contributed by atoms with E-state index >= 15 is 0 Å². The third-order valence-electron chi connectivity index (χ3n) is 2.78. The van der Waals surface area contributed by atoms with Crippen LogP contribution in [0.4, 0.5) is 0 Å². The number of rotatable bonds is 6. The van der Waals surface area contributed by atoms with Gasteiger partial charge in [-0.25, -0.2) is 0 Å². The second-order valence-corrected chi connectivity index (χ2v) is 5.77. The van der Waals surface area contributed by atoms with Crippen LogP contribution in [0.5, 0.6) is 0 Å². The first-order valence-electron chi connectivity index (χ1n) is 6.39. The molecule has 0 spiro atoms. The third kappa shape index (κ3) is 5.04. The van der Waals surface area contributed by atoms with Crippen molar-refractivity contribution in [1.82, 2.24) is 10.3 Å². The number of hydrogen-bond donors (Lipinski definition) is 2. The maximum absolute atomic E-state index is 11.7. The van der Waals surface area contributed by atoms with Crippen LogP contribution in [0.3, 0.4) is 0 Å². The molecule has 0 saturated heterocycles. The average molecular weight is 323 g/mol. The summed E-state index contributed by atoms with van der Waals surface area (Å²) in [5.74, 6) is 0.155. The number of aromatic nitrogens is 1. The van der Waals surface area contributed by atoms with Crippen molar-refractivity contribution >= 4 is 29.3 Å². The van der Waals surface area contributed by atoms with Crippen molar-refractivity contribution < 1.29 is 9.90 Å². The van der Waals surface area contributed by atoms with Crippen LogP contribution in [0.15, 0.2) is 53.7 Å². The van der Waals surface area contributed by atoms with E-state index in [4.69, 9.17) is 11.6 Å². The molecule has 0 radical (unpaired) electrons. The van der Waals surface area contributed by atoms with Gasteiger partial charge in [-0.1, -0.05) is 29.8 Å². The molecular weight excluding hydrogens is 308 g/mol. The summed E-state index contributed by atoms with van der Waals surface area (Å²) in [6, 6.07) is 10.7. The maximum Gasteiger partial charge on any atom is 0.230 e. The quantitative estimate of drug-likeness (QED) is 0.803. The van der Waals surface area contributed by atoms with Crippen molar-refractivity contribution in [2.24, 2.45) is 0 Å². The van der Waals surface area contributed by atoms with Gasteiger partial charge in [-0.3, -0.25) is 9.78 Å². The van der Waals surface area contributed by atoms with E-state index in [-0.39, 0.29) is 12.5 Å². The smallest absolute Gasteiger partial charge is 0.230 e. The first kappa shape index (κ1) is 15.8. The van der Waals surface area contributed by atoms with Gasteiger partial charge in [-0.15, -0.1) is 11.8 Å². The summed E-state index contributed by atoms with van der Waals surface area (Å²) in [6.07, 6.45) is 2.55. The molecule has 1 heterocycles. The highest BCUT2D eigenvalue weighted by Gasteiger charge is 2.12. The zero-order chi connectivity index (χ0) is 15.1. The van der Waals surface area contributed by atoms with Gasteiger partial charge in [-0.2, -0.15) is 0 Å². The van der Waals surface area contributed by atoms with Crippen LogP contribution in [-0.2, 0) is 4.79 Å². The van der Waals surface area contributed by atoms with Crippen molar-refractivity contribution in [3.05, 3.63) is 59.4 Å². The first-order valence-corrected chi connectivity index (χ1v) is 7.75. The van der Waals surface area contributed by atoms with Gasteiger partial charge >= 0.3 is 0 Å². The van der Waals surface area contributed by atoms with Crippen molar-refractivity contribution in [3.63, 3.8) is 0 Å². The van der Waals surface area contributed by atoms with Crippen molar-refractivity contribution in [2.75, 3.05) is 12.3 Å². The molecule has 2 N–H and O–H groups in total. The van der Waals surface area contributed by atoms with Crippen LogP contribution in [0, 0.1) is 0 Å². The van der Waals surface area contributed by atoms with Gasteiger partial charge in [0.1, 0.15) is 0 Å². The monoisotopic (exact) mass is 322 g/mol. The minimum Gasteiger partial charge on any atom is -0.387 e. The molecule has 1 unspecified atom stereocenters. The lowest BCUT2D eigenvalue weighted by molar-refractivity contribution is -0.119. The fraction of sp³-hybridized carbons (Fsp3) is 0.200. The number of aliphatic hydroxyl groups is 1. The van der Waals surface area contributed by atoms with Crippen LogP contribution in [0.1, 0.15) is 11.7 Å². The Balaban J connectivity index is 1.77. The molecule has 0 aliphatic carbocycles. The average Bonchev–Trinajstić information content (AvgIpc) is 2.52. The van der Waals surface area contributed by atoms with Gasteiger partial charge in [0, 0.05) is 34.4 Å². The minimum absolute atomic E-state index is 0.136. The number of carbonyl (C=O) groups is 1. The number of hydrogen-bond acceptors (Lipinski definition) is 4. The molecule has 1 aromatic heterocycles. The van der Waals surface area contributed by atoms with E-state index in [0.717, 1.165) is 4.90 Å². The maximum atomic E-state index is 11.7. The van der Waals surface area contributed by atoms with Gasteiger partial charge in [0.2, 0.25) is 5.91 Å². The van der Waals surface area contributed by atoms with Crippen LogP contribution in [-0.4, -0.2) is 28.3 Å². The predicted octanol–water partition coefficient (Wildman–Crippen LogP) is 2.68. The molecule has 0 bridgehead atoms. The largest absolute Gasteiger partial charge is 0.387 e. The Kier molecular flexibility index (Phi) is 6.04. The number of amides is 1. The Bertz CT molecular complexity index is 595. The Morgan fingerprint density at radius 2 is 2.00 bits per heavy atom. The summed E-state index contributed by atoms with van der Waals surface area (Å²) in [4.78, 5) is 16.6. The molecule has 6 heteroatoms. The third-order valence-corrected chi connectivity index (χ3v) is 4.13. The molecule has 0 aliphatic rings. The second kappa shape index (κ2) is 8.02. The lowest BCUT2D eigenvalue weighted by atomic mass is 10.1. The minimum atomic E-state index is -0.812. The number of aliphatic hydroxyl groups excluding tert-OH is 1. The molecule has 0 fully saturated rings. The molecule has 0 saturated carbocycles. The molecule has 1 atom stereocenters. The van der Waals surface area contributed by atoms with Crippen molar-refractivity contribution in [3.8, 4) is 0 Å². The van der Waals surface area contributed by atoms with Gasteiger partial charge in [-0.05, 0) is 18.2 Å². The van der Waals surface area contributed by atoms with Gasteiger partial charge in [0.05, 0.1) is 11.9 Å². The molecule has 1 aromatic carbocycles. The summed E-state index contributed by atoms with van der Waals surface area (Å²) >= 11 is 7.41. The molecule has 2 rings (SSSR count). The van der Waals surface area contributed by atoms with Gasteiger partial charge in [0.15, 0.2) is 0 Å². The van der Waals surface area contributed by atoms with Crippen molar-refractivity contribution in [2.45, 2.75) is 11.0 Å².